The number of nitrogens with one attached hydrogen (secondary N) is 4. The molecule has 0 bridgehead atoms. The molecule has 4 fully saturated rings. The van der Waals surface area contributed by atoms with Gasteiger partial charge in [-0.15, -0.1) is 0 Å². The molecular formula is C43H50N8O6Si. The zero-order valence-corrected chi connectivity index (χ0v) is 34.3. The maximum absolute atomic E-state index is 14.0. The first kappa shape index (κ1) is 37.9. The topological polar surface area (TPSA) is 175 Å². The first-order chi connectivity index (χ1) is 28.0. The minimum atomic E-state index is -1.75. The van der Waals surface area contributed by atoms with Gasteiger partial charge in [0.1, 0.15) is 23.7 Å². The Bertz CT molecular complexity index is 2400. The quantitative estimate of drug-likeness (QED) is 0.111. The second kappa shape index (κ2) is 14.9. The zero-order chi connectivity index (χ0) is 40.3. The zero-order valence-electron chi connectivity index (χ0n) is 33.3. The van der Waals surface area contributed by atoms with E-state index < -0.39 is 32.3 Å². The third kappa shape index (κ3) is 7.31. The molecule has 0 unspecified atom stereocenters. The van der Waals surface area contributed by atoms with Crippen LogP contribution in [0.15, 0.2) is 60.8 Å². The Balaban J connectivity index is 0.920. The highest BCUT2D eigenvalue weighted by molar-refractivity contribution is 6.78. The molecule has 2 saturated carbocycles. The van der Waals surface area contributed by atoms with Gasteiger partial charge in [-0.3, -0.25) is 9.59 Å². The van der Waals surface area contributed by atoms with E-state index in [-0.39, 0.29) is 35.7 Å². The van der Waals surface area contributed by atoms with Crippen LogP contribution in [0.25, 0.3) is 44.2 Å². The number of likely N-dealkylation sites (tertiary alicyclic amines) is 1. The van der Waals surface area contributed by atoms with Crippen LogP contribution in [0.1, 0.15) is 62.3 Å². The first-order valence-electron chi connectivity index (χ1n) is 20.4. The smallest absolute Gasteiger partial charge is 0.407 e. The van der Waals surface area contributed by atoms with Crippen LogP contribution in [0.2, 0.25) is 19.1 Å². The Labute approximate surface area is 337 Å². The summed E-state index contributed by atoms with van der Waals surface area (Å²) in [5.74, 6) is 1.69. The fourth-order valence-electron chi connectivity index (χ4n) is 9.06. The van der Waals surface area contributed by atoms with Crippen molar-refractivity contribution >= 4 is 53.9 Å². The van der Waals surface area contributed by atoms with Gasteiger partial charge < -0.3 is 39.9 Å². The number of amides is 4. The number of hydrogen-bond acceptors (Lipinski definition) is 8. The molecule has 2 aromatic heterocycles. The molecule has 4 heterocycles. The van der Waals surface area contributed by atoms with E-state index in [1.54, 1.807) is 0 Å². The summed E-state index contributed by atoms with van der Waals surface area (Å²) in [5, 5.41) is 7.68. The number of carbonyl (C=O) groups excluding carboxylic acids is 4. The lowest BCUT2D eigenvalue weighted by molar-refractivity contribution is -0.135. The largest absolute Gasteiger partial charge is 0.453 e. The number of nitrogens with zero attached hydrogens (tertiary/aromatic N) is 4. The molecule has 4 N–H and O–H groups in total. The van der Waals surface area contributed by atoms with E-state index in [0.717, 1.165) is 100 Å². The van der Waals surface area contributed by atoms with Crippen molar-refractivity contribution in [1.29, 1.82) is 0 Å². The summed E-state index contributed by atoms with van der Waals surface area (Å²) in [6.45, 7) is 5.23. The molecule has 0 spiro atoms. The summed E-state index contributed by atoms with van der Waals surface area (Å²) in [4.78, 5) is 72.5. The molecule has 58 heavy (non-hydrogen) atoms. The number of fused-ring (bicyclic) bond motifs is 3. The Morgan fingerprint density at radius 1 is 0.759 bits per heavy atom. The number of carbonyl (C=O) groups is 4. The molecule has 15 heteroatoms. The van der Waals surface area contributed by atoms with Crippen molar-refractivity contribution in [2.45, 2.75) is 81.8 Å². The fraction of sp³-hybridized carbons (Fsp3) is 0.442. The van der Waals surface area contributed by atoms with E-state index in [0.29, 0.717) is 12.7 Å². The van der Waals surface area contributed by atoms with Crippen molar-refractivity contribution in [2.75, 3.05) is 26.9 Å². The van der Waals surface area contributed by atoms with Gasteiger partial charge in [-0.2, -0.15) is 0 Å². The fourth-order valence-corrected chi connectivity index (χ4v) is 12.0. The minimum Gasteiger partial charge on any atom is -0.453 e. The maximum atomic E-state index is 14.0. The van der Waals surface area contributed by atoms with Crippen molar-refractivity contribution in [3.05, 3.63) is 72.4 Å². The molecule has 0 radical (unpaired) electrons. The van der Waals surface area contributed by atoms with Gasteiger partial charge in [0.15, 0.2) is 0 Å². The van der Waals surface area contributed by atoms with Gasteiger partial charge >= 0.3 is 12.2 Å². The molecule has 4 atom stereocenters. The van der Waals surface area contributed by atoms with Gasteiger partial charge in [-0.1, -0.05) is 55.6 Å². The molecule has 2 saturated heterocycles. The summed E-state index contributed by atoms with van der Waals surface area (Å²) in [6.07, 6.45) is 6.71. The number of methoxy groups -OCH3 is 2. The molecule has 4 aliphatic rings. The highest BCUT2D eigenvalue weighted by Crippen LogP contribution is 2.42. The molecule has 2 aliphatic heterocycles. The van der Waals surface area contributed by atoms with Crippen molar-refractivity contribution in [2.24, 2.45) is 11.8 Å². The van der Waals surface area contributed by atoms with Crippen molar-refractivity contribution < 1.29 is 28.7 Å². The second-order valence-electron chi connectivity index (χ2n) is 17.2. The number of rotatable bonds is 10. The number of aromatic amines is 2. The molecule has 5 aromatic rings. The number of H-pyrrole nitrogens is 2. The summed E-state index contributed by atoms with van der Waals surface area (Å²) in [7, 11) is 0.887. The number of aromatic nitrogens is 4. The number of alkyl carbamates (subject to hydrolysis) is 2. The SMILES string of the molecule is COC(=O)N[C@H](C(=O)N1CCC[C@H]1c1ncc(-c2ccc(-c3ccc4c(ccc5[nH]c([C@@H]6C[Si](C)(C)CN6C(=O)[C@@H](NC(=O)OC)C6CC6)nc54)c3)cc2)[nH]1)C1CC1. The Morgan fingerprint density at radius 2 is 1.40 bits per heavy atom. The standard InChI is InChI=1S/C43H50N8O6Si/c1-56-42(54)48-35(26-11-12-26)40(52)50-19-5-6-33(50)38-44-21-32(46-38)25-9-7-24(8-10-25)28-15-17-30-29(20-28)16-18-31-37(30)47-39(45-31)34-22-58(3,4)23-51(34)41(53)36(27-13-14-27)49-43(55)57-2/h7-10,15-18,20-21,26-27,33-36H,5-6,11-14,19,22-23H2,1-4H3,(H,44,46)(H,45,47)(H,48,54)(H,49,55)/t33-,34-,35-,36-/m0/s1. The van der Waals surface area contributed by atoms with E-state index in [9.17, 15) is 19.2 Å². The number of hydrogen-bond donors (Lipinski definition) is 4. The summed E-state index contributed by atoms with van der Waals surface area (Å²) in [5.41, 5.74) is 5.81. The van der Waals surface area contributed by atoms with E-state index >= 15 is 0 Å². The summed E-state index contributed by atoms with van der Waals surface area (Å²) in [6, 6.07) is 18.3. The second-order valence-corrected chi connectivity index (χ2v) is 22.3. The normalized spacial score (nSPS) is 21.2. The van der Waals surface area contributed by atoms with Crippen LogP contribution in [-0.4, -0.2) is 101 Å². The van der Waals surface area contributed by atoms with Crippen LogP contribution in [0.4, 0.5) is 9.59 Å². The molecule has 2 aliphatic carbocycles. The Kier molecular flexibility index (Phi) is 9.73. The predicted octanol–water partition coefficient (Wildman–Crippen LogP) is 6.84. The molecule has 9 rings (SSSR count). The van der Waals surface area contributed by atoms with Crippen LogP contribution < -0.4 is 10.6 Å². The van der Waals surface area contributed by atoms with Gasteiger partial charge in [0.25, 0.3) is 0 Å². The maximum Gasteiger partial charge on any atom is 0.407 e. The molecule has 4 amide bonds. The van der Waals surface area contributed by atoms with Gasteiger partial charge in [0.05, 0.1) is 57.3 Å². The van der Waals surface area contributed by atoms with Crippen molar-refractivity contribution in [1.82, 2.24) is 40.4 Å². The van der Waals surface area contributed by atoms with E-state index in [1.165, 1.54) is 14.2 Å². The van der Waals surface area contributed by atoms with Crippen LogP contribution in [-0.2, 0) is 19.1 Å². The molecule has 14 nitrogen and oxygen atoms in total. The average molecular weight is 803 g/mol. The molecule has 302 valence electrons. The third-order valence-corrected chi connectivity index (χ3v) is 15.1. The predicted molar refractivity (Wildman–Crippen MR) is 221 cm³/mol. The van der Waals surface area contributed by atoms with E-state index in [4.69, 9.17) is 19.4 Å². The van der Waals surface area contributed by atoms with E-state index in [1.807, 2.05) is 16.0 Å². The van der Waals surface area contributed by atoms with Gasteiger partial charge in [0, 0.05) is 18.1 Å². The van der Waals surface area contributed by atoms with E-state index in [2.05, 4.69) is 88.3 Å². The number of imidazole rings is 2. The average Bonchev–Trinajstić information content (AvgIpc) is 4.04. The third-order valence-electron chi connectivity index (χ3n) is 12.4. The lowest BCUT2D eigenvalue weighted by atomic mass is 9.99. The summed E-state index contributed by atoms with van der Waals surface area (Å²) < 4.78 is 9.65. The highest BCUT2D eigenvalue weighted by Gasteiger charge is 2.48. The van der Waals surface area contributed by atoms with Gasteiger partial charge in [-0.05, 0) is 90.6 Å². The number of ether oxygens (including phenoxy) is 2. The van der Waals surface area contributed by atoms with Gasteiger partial charge in [-0.25, -0.2) is 19.6 Å². The monoisotopic (exact) mass is 802 g/mol. The van der Waals surface area contributed by atoms with Crippen LogP contribution in [0, 0.1) is 11.8 Å². The molecule has 3 aromatic carbocycles. The number of benzene rings is 3. The van der Waals surface area contributed by atoms with Crippen LogP contribution >= 0.6 is 0 Å². The Hall–Kier alpha value is -5.70. The summed E-state index contributed by atoms with van der Waals surface area (Å²) >= 11 is 0. The van der Waals surface area contributed by atoms with Crippen LogP contribution in [0.3, 0.4) is 0 Å². The van der Waals surface area contributed by atoms with Gasteiger partial charge in [0.2, 0.25) is 11.8 Å². The molecular weight excluding hydrogens is 753 g/mol. The van der Waals surface area contributed by atoms with Crippen molar-refractivity contribution in [3.63, 3.8) is 0 Å². The lowest BCUT2D eigenvalue weighted by Gasteiger charge is -2.28. The lowest BCUT2D eigenvalue weighted by Crippen LogP contribution is -2.50. The Morgan fingerprint density at radius 3 is 2.05 bits per heavy atom. The minimum absolute atomic E-state index is 0.0504. The highest BCUT2D eigenvalue weighted by atomic mass is 28.3. The first-order valence-corrected chi connectivity index (χ1v) is 23.8. The van der Waals surface area contributed by atoms with Crippen LogP contribution in [0.5, 0.6) is 0 Å². The van der Waals surface area contributed by atoms with Crippen molar-refractivity contribution in [3.8, 4) is 22.4 Å².